The number of hydrazine groups is 1. The highest BCUT2D eigenvalue weighted by atomic mass is 35.5. The molecule has 1 aliphatic heterocycles. The number of benzene rings is 1. The van der Waals surface area contributed by atoms with Gasteiger partial charge in [0.15, 0.2) is 6.29 Å². The molecule has 1 saturated carbocycles. The average molecular weight is 424 g/mol. The Morgan fingerprint density at radius 2 is 2.07 bits per heavy atom. The third kappa shape index (κ3) is 5.25. The molecule has 1 heterocycles. The van der Waals surface area contributed by atoms with Crippen molar-refractivity contribution in [3.05, 3.63) is 32.8 Å². The molecule has 1 aromatic rings. The van der Waals surface area contributed by atoms with Crippen LogP contribution in [0.25, 0.3) is 0 Å². The topological polar surface area (TPSA) is 102 Å². The minimum Gasteiger partial charge on any atom is -0.493 e. The minimum atomic E-state index is -0.705. The van der Waals surface area contributed by atoms with E-state index >= 15 is 0 Å². The van der Waals surface area contributed by atoms with Gasteiger partial charge in [-0.1, -0.05) is 24.4 Å². The first-order valence-electron chi connectivity index (χ1n) is 10.1. The molecule has 2 atom stereocenters. The van der Waals surface area contributed by atoms with Gasteiger partial charge in [-0.2, -0.15) is 0 Å². The van der Waals surface area contributed by atoms with Crippen molar-refractivity contribution in [3.63, 3.8) is 0 Å². The maximum atomic E-state index is 12.3. The summed E-state index contributed by atoms with van der Waals surface area (Å²) in [5.74, 6) is 0.721. The summed E-state index contributed by atoms with van der Waals surface area (Å²) >= 11 is 5.81. The Morgan fingerprint density at radius 3 is 2.83 bits per heavy atom. The average Bonchev–Trinajstić information content (AvgIpc) is 2.71. The lowest BCUT2D eigenvalue weighted by molar-refractivity contribution is -0.385. The molecule has 3 rings (SSSR count). The first-order chi connectivity index (χ1) is 14.0. The van der Waals surface area contributed by atoms with Crippen molar-refractivity contribution < 1.29 is 19.2 Å². The molecule has 8 nitrogen and oxygen atoms in total. The van der Waals surface area contributed by atoms with Gasteiger partial charge in [0, 0.05) is 19.0 Å². The van der Waals surface area contributed by atoms with E-state index in [4.69, 9.17) is 16.3 Å². The van der Waals surface area contributed by atoms with E-state index in [1.807, 2.05) is 0 Å². The van der Waals surface area contributed by atoms with Crippen LogP contribution in [0.2, 0.25) is 5.02 Å². The van der Waals surface area contributed by atoms with Crippen molar-refractivity contribution in [1.29, 1.82) is 0 Å². The Hall–Kier alpha value is -2.19. The van der Waals surface area contributed by atoms with Gasteiger partial charge in [-0.05, 0) is 50.2 Å². The summed E-state index contributed by atoms with van der Waals surface area (Å²) in [6.07, 6.45) is 8.31. The van der Waals surface area contributed by atoms with Gasteiger partial charge in [0.25, 0.3) is 0 Å². The van der Waals surface area contributed by atoms with Crippen LogP contribution >= 0.6 is 11.6 Å². The number of rotatable bonds is 8. The lowest BCUT2D eigenvalue weighted by Crippen LogP contribution is -2.55. The number of nitro groups is 1. The number of hydrogen-bond acceptors (Lipinski definition) is 6. The molecule has 9 heteroatoms. The molecule has 0 spiro atoms. The second kappa shape index (κ2) is 10.0. The first-order valence-corrected chi connectivity index (χ1v) is 10.5. The maximum Gasteiger partial charge on any atom is 0.302 e. The minimum absolute atomic E-state index is 0.0579. The Kier molecular flexibility index (Phi) is 7.44. The summed E-state index contributed by atoms with van der Waals surface area (Å²) in [5, 5.41) is 13.1. The van der Waals surface area contributed by atoms with Crippen molar-refractivity contribution in [2.75, 3.05) is 13.2 Å². The lowest BCUT2D eigenvalue weighted by Gasteiger charge is -2.43. The maximum absolute atomic E-state index is 12.3. The number of nitrogens with zero attached hydrogens (tertiary/aromatic N) is 2. The second-order valence-electron chi connectivity index (χ2n) is 7.62. The van der Waals surface area contributed by atoms with E-state index < -0.39 is 10.6 Å². The van der Waals surface area contributed by atoms with E-state index in [-0.39, 0.29) is 35.3 Å². The third-order valence-electron chi connectivity index (χ3n) is 5.75. The van der Waals surface area contributed by atoms with Gasteiger partial charge in [-0.3, -0.25) is 25.1 Å². The Balaban J connectivity index is 1.48. The van der Waals surface area contributed by atoms with Gasteiger partial charge < -0.3 is 4.74 Å². The van der Waals surface area contributed by atoms with E-state index in [2.05, 4.69) is 10.4 Å². The molecule has 1 aliphatic carbocycles. The molecule has 1 amide bonds. The highest BCUT2D eigenvalue weighted by Crippen LogP contribution is 2.35. The van der Waals surface area contributed by atoms with Crippen LogP contribution in [0, 0.1) is 16.0 Å². The van der Waals surface area contributed by atoms with Crippen LogP contribution < -0.4 is 10.2 Å². The zero-order chi connectivity index (χ0) is 20.8. The van der Waals surface area contributed by atoms with E-state index in [1.54, 1.807) is 0 Å². The largest absolute Gasteiger partial charge is 0.493 e. The van der Waals surface area contributed by atoms with Crippen LogP contribution in [0.3, 0.4) is 0 Å². The van der Waals surface area contributed by atoms with Crippen LogP contribution in [0.15, 0.2) is 12.1 Å². The number of carbonyl (C=O) groups excluding carboxylic acids is 2. The number of nitrogens with one attached hydrogen (secondary N) is 1. The molecule has 1 N–H and O–H groups in total. The molecular formula is C20H26ClN3O5. The summed E-state index contributed by atoms with van der Waals surface area (Å²) in [4.78, 5) is 34.0. The number of ether oxygens (including phenoxy) is 1. The number of hydrogen-bond donors (Lipinski definition) is 1. The molecule has 158 valence electrons. The highest BCUT2D eigenvalue weighted by molar-refractivity contribution is 6.33. The Labute approximate surface area is 174 Å². The van der Waals surface area contributed by atoms with E-state index in [1.165, 1.54) is 37.8 Å². The predicted molar refractivity (Wildman–Crippen MR) is 108 cm³/mol. The van der Waals surface area contributed by atoms with E-state index in [0.717, 1.165) is 19.4 Å². The number of aldehydes is 1. The molecule has 29 heavy (non-hydrogen) atoms. The molecule has 0 aromatic heterocycles. The predicted octanol–water partition coefficient (Wildman–Crippen LogP) is 3.91. The fourth-order valence-electron chi connectivity index (χ4n) is 4.38. The molecule has 2 fully saturated rings. The number of nitro benzene ring substituents is 1. The van der Waals surface area contributed by atoms with Crippen LogP contribution in [0.1, 0.15) is 61.7 Å². The molecule has 2 aliphatic rings. The molecule has 0 bridgehead atoms. The zero-order valence-corrected chi connectivity index (χ0v) is 17.0. The number of halogens is 1. The first kappa shape index (κ1) is 21.5. The fourth-order valence-corrected chi connectivity index (χ4v) is 4.62. The monoisotopic (exact) mass is 423 g/mol. The van der Waals surface area contributed by atoms with Gasteiger partial charge in [0.05, 0.1) is 11.5 Å². The smallest absolute Gasteiger partial charge is 0.302 e. The van der Waals surface area contributed by atoms with E-state index in [0.29, 0.717) is 24.7 Å². The van der Waals surface area contributed by atoms with Crippen molar-refractivity contribution in [2.45, 2.75) is 57.4 Å². The molecule has 0 radical (unpaired) electrons. The summed E-state index contributed by atoms with van der Waals surface area (Å²) in [5.41, 5.74) is 2.39. The highest BCUT2D eigenvalue weighted by Gasteiger charge is 2.33. The van der Waals surface area contributed by atoms with Crippen molar-refractivity contribution in [2.24, 2.45) is 5.92 Å². The van der Waals surface area contributed by atoms with Gasteiger partial charge in [0.2, 0.25) is 5.91 Å². The summed E-state index contributed by atoms with van der Waals surface area (Å²) in [7, 11) is 0. The summed E-state index contributed by atoms with van der Waals surface area (Å²) in [6, 6.07) is 3.20. The van der Waals surface area contributed by atoms with Gasteiger partial charge >= 0.3 is 5.69 Å². The van der Waals surface area contributed by atoms with Crippen molar-refractivity contribution in [1.82, 2.24) is 10.4 Å². The standard InChI is InChI=1S/C20H26ClN3O5/c21-16-9-10-18(15(13-25)20(16)24(27)28)29-12-4-8-19(26)22-23-11-3-6-14-5-1-2-7-17(14)23/h9-10,13-14,17H,1-8,11-12H2,(H,22,26). The fraction of sp³-hybridized carbons (Fsp3) is 0.600. The van der Waals surface area contributed by atoms with Crippen molar-refractivity contribution in [3.8, 4) is 5.75 Å². The van der Waals surface area contributed by atoms with Gasteiger partial charge in [-0.25, -0.2) is 5.01 Å². The van der Waals surface area contributed by atoms with Crippen LogP contribution in [-0.4, -0.2) is 41.3 Å². The number of piperidine rings is 1. The van der Waals surface area contributed by atoms with Gasteiger partial charge in [-0.15, -0.1) is 0 Å². The Bertz CT molecular complexity index is 771. The number of amides is 1. The van der Waals surface area contributed by atoms with Crippen molar-refractivity contribution >= 4 is 29.5 Å². The Morgan fingerprint density at radius 1 is 1.31 bits per heavy atom. The molecule has 2 unspecified atom stereocenters. The molecule has 1 aromatic carbocycles. The normalized spacial score (nSPS) is 21.8. The summed E-state index contributed by atoms with van der Waals surface area (Å²) in [6.45, 7) is 1.06. The molecule has 1 saturated heterocycles. The van der Waals surface area contributed by atoms with Gasteiger partial charge in [0.1, 0.15) is 16.3 Å². The quantitative estimate of drug-likeness (QED) is 0.294. The second-order valence-corrected chi connectivity index (χ2v) is 8.02. The number of carbonyl (C=O) groups is 2. The lowest BCUT2D eigenvalue weighted by atomic mass is 9.79. The van der Waals surface area contributed by atoms with E-state index in [9.17, 15) is 19.7 Å². The molecular weight excluding hydrogens is 398 g/mol. The number of fused-ring (bicyclic) bond motifs is 1. The zero-order valence-electron chi connectivity index (χ0n) is 16.3. The van der Waals surface area contributed by atoms with Crippen LogP contribution in [-0.2, 0) is 4.79 Å². The SMILES string of the molecule is O=Cc1c(OCCCC(=O)NN2CCCC3CCCCC32)ccc(Cl)c1[N+](=O)[O-]. The van der Waals surface area contributed by atoms with Crippen LogP contribution in [0.4, 0.5) is 5.69 Å². The van der Waals surface area contributed by atoms with Crippen LogP contribution in [0.5, 0.6) is 5.75 Å². The third-order valence-corrected chi connectivity index (χ3v) is 6.05. The summed E-state index contributed by atoms with van der Waals surface area (Å²) < 4.78 is 5.51.